The molecule has 0 N–H and O–H groups in total. The number of aromatic nitrogens is 4. The Bertz CT molecular complexity index is 604. The summed E-state index contributed by atoms with van der Waals surface area (Å²) in [7, 11) is 0. The standard InChI is InChI=1S/C15H25N5S/c1-6-19(7-2)9-8-10-21-15-17-14-16-12(4)11(3)13(5)20(14)18-15/h6-10H2,1-5H3. The first-order chi connectivity index (χ1) is 10.1. The highest BCUT2D eigenvalue weighted by Gasteiger charge is 2.11. The number of aryl methyl sites for hydroxylation is 2. The van der Waals surface area contributed by atoms with E-state index in [2.05, 4.69) is 47.7 Å². The lowest BCUT2D eigenvalue weighted by Crippen LogP contribution is -2.24. The molecule has 0 radical (unpaired) electrons. The maximum atomic E-state index is 4.56. The van der Waals surface area contributed by atoms with Crippen LogP contribution in [0.3, 0.4) is 0 Å². The highest BCUT2D eigenvalue weighted by Crippen LogP contribution is 2.18. The van der Waals surface area contributed by atoms with Crippen molar-refractivity contribution in [3.8, 4) is 0 Å². The van der Waals surface area contributed by atoms with Crippen LogP contribution >= 0.6 is 11.8 Å². The Morgan fingerprint density at radius 1 is 1.10 bits per heavy atom. The molecular formula is C15H25N5S. The van der Waals surface area contributed by atoms with Gasteiger partial charge in [-0.3, -0.25) is 0 Å². The quantitative estimate of drug-likeness (QED) is 0.581. The summed E-state index contributed by atoms with van der Waals surface area (Å²) < 4.78 is 1.86. The molecule has 6 heteroatoms. The maximum Gasteiger partial charge on any atom is 0.253 e. The summed E-state index contributed by atoms with van der Waals surface area (Å²) >= 11 is 1.72. The van der Waals surface area contributed by atoms with Crippen LogP contribution in [0.5, 0.6) is 0 Å². The number of rotatable bonds is 7. The molecule has 0 bridgehead atoms. The second-order valence-electron chi connectivity index (χ2n) is 5.24. The van der Waals surface area contributed by atoms with E-state index in [1.807, 2.05) is 11.4 Å². The molecule has 0 saturated carbocycles. The van der Waals surface area contributed by atoms with Crippen molar-refractivity contribution in [3.05, 3.63) is 17.0 Å². The van der Waals surface area contributed by atoms with E-state index in [9.17, 15) is 0 Å². The summed E-state index contributed by atoms with van der Waals surface area (Å²) in [4.78, 5) is 11.5. The van der Waals surface area contributed by atoms with Gasteiger partial charge in [0.25, 0.3) is 5.78 Å². The summed E-state index contributed by atoms with van der Waals surface area (Å²) in [5.74, 6) is 1.76. The smallest absolute Gasteiger partial charge is 0.253 e. The molecule has 0 amide bonds. The van der Waals surface area contributed by atoms with E-state index in [0.29, 0.717) is 5.78 Å². The van der Waals surface area contributed by atoms with Gasteiger partial charge in [0.05, 0.1) is 0 Å². The SMILES string of the molecule is CCN(CC)CCCSc1nc2nc(C)c(C)c(C)n2n1. The van der Waals surface area contributed by atoms with Crippen LogP contribution in [0.15, 0.2) is 5.16 Å². The number of nitrogens with zero attached hydrogens (tertiary/aromatic N) is 5. The highest BCUT2D eigenvalue weighted by molar-refractivity contribution is 7.99. The van der Waals surface area contributed by atoms with Crippen LogP contribution in [0.1, 0.15) is 37.2 Å². The third-order valence-electron chi connectivity index (χ3n) is 3.99. The Morgan fingerprint density at radius 3 is 2.48 bits per heavy atom. The maximum absolute atomic E-state index is 4.56. The highest BCUT2D eigenvalue weighted by atomic mass is 32.2. The number of hydrogen-bond acceptors (Lipinski definition) is 5. The largest absolute Gasteiger partial charge is 0.304 e. The van der Waals surface area contributed by atoms with Crippen LogP contribution in [-0.2, 0) is 0 Å². The lowest BCUT2D eigenvalue weighted by Gasteiger charge is -2.16. The van der Waals surface area contributed by atoms with Crippen molar-refractivity contribution in [1.82, 2.24) is 24.5 Å². The van der Waals surface area contributed by atoms with E-state index >= 15 is 0 Å². The van der Waals surface area contributed by atoms with Crippen LogP contribution in [0.4, 0.5) is 0 Å². The van der Waals surface area contributed by atoms with Crippen molar-refractivity contribution in [3.63, 3.8) is 0 Å². The van der Waals surface area contributed by atoms with Crippen molar-refractivity contribution in [1.29, 1.82) is 0 Å². The van der Waals surface area contributed by atoms with Gasteiger partial charge in [-0.15, -0.1) is 5.10 Å². The third-order valence-corrected chi connectivity index (χ3v) is 4.91. The molecule has 2 rings (SSSR count). The second kappa shape index (κ2) is 7.22. The van der Waals surface area contributed by atoms with Crippen molar-refractivity contribution in [2.24, 2.45) is 0 Å². The summed E-state index contributed by atoms with van der Waals surface area (Å²) in [6.45, 7) is 14.0. The molecular weight excluding hydrogens is 282 g/mol. The van der Waals surface area contributed by atoms with Gasteiger partial charge in [0.1, 0.15) is 0 Å². The molecule has 2 aromatic heterocycles. The molecule has 0 aliphatic carbocycles. The van der Waals surface area contributed by atoms with Crippen LogP contribution in [0, 0.1) is 20.8 Å². The van der Waals surface area contributed by atoms with Gasteiger partial charge in [-0.05, 0) is 52.4 Å². The minimum atomic E-state index is 0.710. The van der Waals surface area contributed by atoms with Crippen LogP contribution < -0.4 is 0 Å². The minimum absolute atomic E-state index is 0.710. The van der Waals surface area contributed by atoms with Crippen molar-refractivity contribution < 1.29 is 0 Å². The Balaban J connectivity index is 1.99. The molecule has 2 heterocycles. The lowest BCUT2D eigenvalue weighted by atomic mass is 10.2. The normalized spacial score (nSPS) is 11.7. The zero-order valence-corrected chi connectivity index (χ0v) is 14.5. The Labute approximate surface area is 131 Å². The molecule has 0 aliphatic heterocycles. The third kappa shape index (κ3) is 3.74. The van der Waals surface area contributed by atoms with Crippen LogP contribution in [0.2, 0.25) is 0 Å². The van der Waals surface area contributed by atoms with E-state index in [1.165, 1.54) is 5.56 Å². The van der Waals surface area contributed by atoms with Gasteiger partial charge in [0.2, 0.25) is 5.16 Å². The molecule has 21 heavy (non-hydrogen) atoms. The molecule has 0 atom stereocenters. The number of thioether (sulfide) groups is 1. The van der Waals surface area contributed by atoms with Gasteiger partial charge < -0.3 is 4.90 Å². The van der Waals surface area contributed by atoms with Gasteiger partial charge in [-0.25, -0.2) is 9.50 Å². The summed E-state index contributed by atoms with van der Waals surface area (Å²) in [5.41, 5.74) is 3.34. The van der Waals surface area contributed by atoms with E-state index in [0.717, 1.165) is 48.4 Å². The zero-order valence-electron chi connectivity index (χ0n) is 13.7. The average molecular weight is 307 g/mol. The van der Waals surface area contributed by atoms with E-state index in [-0.39, 0.29) is 0 Å². The molecule has 0 spiro atoms. The number of hydrogen-bond donors (Lipinski definition) is 0. The van der Waals surface area contributed by atoms with Crippen molar-refractivity contribution in [2.75, 3.05) is 25.4 Å². The molecule has 0 aromatic carbocycles. The monoisotopic (exact) mass is 307 g/mol. The second-order valence-corrected chi connectivity index (χ2v) is 6.30. The first-order valence-corrected chi connectivity index (χ1v) is 8.61. The first-order valence-electron chi connectivity index (χ1n) is 7.62. The van der Waals surface area contributed by atoms with Gasteiger partial charge in [0.15, 0.2) is 0 Å². The Kier molecular flexibility index (Phi) is 5.58. The number of fused-ring (bicyclic) bond motifs is 1. The Morgan fingerprint density at radius 2 is 1.81 bits per heavy atom. The van der Waals surface area contributed by atoms with E-state index in [4.69, 9.17) is 0 Å². The van der Waals surface area contributed by atoms with Gasteiger partial charge in [-0.1, -0.05) is 25.6 Å². The lowest BCUT2D eigenvalue weighted by molar-refractivity contribution is 0.305. The molecule has 0 unspecified atom stereocenters. The molecule has 0 fully saturated rings. The predicted molar refractivity (Wildman–Crippen MR) is 88.1 cm³/mol. The molecule has 0 aliphatic rings. The molecule has 2 aromatic rings. The van der Waals surface area contributed by atoms with Crippen LogP contribution in [-0.4, -0.2) is 49.9 Å². The predicted octanol–water partition coefficient (Wildman–Crippen LogP) is 2.87. The fourth-order valence-corrected chi connectivity index (χ4v) is 3.03. The van der Waals surface area contributed by atoms with Crippen molar-refractivity contribution >= 4 is 17.5 Å². The zero-order chi connectivity index (χ0) is 15.4. The topological polar surface area (TPSA) is 46.3 Å². The fraction of sp³-hybridized carbons (Fsp3) is 0.667. The summed E-state index contributed by atoms with van der Waals surface area (Å²) in [6.07, 6.45) is 1.16. The van der Waals surface area contributed by atoms with Crippen LogP contribution in [0.25, 0.3) is 5.78 Å². The van der Waals surface area contributed by atoms with Gasteiger partial charge >= 0.3 is 0 Å². The molecule has 116 valence electrons. The van der Waals surface area contributed by atoms with E-state index < -0.39 is 0 Å². The average Bonchev–Trinajstić information content (AvgIpc) is 2.88. The van der Waals surface area contributed by atoms with E-state index in [1.54, 1.807) is 11.8 Å². The van der Waals surface area contributed by atoms with Gasteiger partial charge in [-0.2, -0.15) is 4.98 Å². The fourth-order valence-electron chi connectivity index (χ4n) is 2.29. The molecule has 5 nitrogen and oxygen atoms in total. The summed E-state index contributed by atoms with van der Waals surface area (Å²) in [6, 6.07) is 0. The van der Waals surface area contributed by atoms with Crippen molar-refractivity contribution in [2.45, 2.75) is 46.2 Å². The molecule has 0 saturated heterocycles. The minimum Gasteiger partial charge on any atom is -0.304 e. The Hall–Kier alpha value is -1.14. The summed E-state index contributed by atoms with van der Waals surface area (Å²) in [5, 5.41) is 5.39. The van der Waals surface area contributed by atoms with Gasteiger partial charge in [0, 0.05) is 17.1 Å². The first kappa shape index (κ1) is 16.2.